The van der Waals surface area contributed by atoms with Crippen LogP contribution in [0.15, 0.2) is 42.5 Å². The van der Waals surface area contributed by atoms with Crippen molar-refractivity contribution in [3.8, 4) is 5.75 Å². The minimum Gasteiger partial charge on any atom is -0.483 e. The number of para-hydroxylation sites is 1. The lowest BCUT2D eigenvalue weighted by Crippen LogP contribution is -2.20. The Hall–Kier alpha value is -2.20. The molecule has 0 radical (unpaired) electrons. The van der Waals surface area contributed by atoms with Gasteiger partial charge in [-0.05, 0) is 35.7 Å². The first-order chi connectivity index (χ1) is 10.5. The Bertz CT molecular complexity index is 671. The second kappa shape index (κ2) is 7.18. The van der Waals surface area contributed by atoms with Gasteiger partial charge in [0, 0.05) is 5.69 Å². The number of halogens is 1. The summed E-state index contributed by atoms with van der Waals surface area (Å²) in [6.45, 7) is 4.10. The summed E-state index contributed by atoms with van der Waals surface area (Å²) in [6.07, 6.45) is 0. The second-order valence-corrected chi connectivity index (χ2v) is 5.67. The maximum absolute atomic E-state index is 12.0. The Labute approximate surface area is 135 Å². The average molecular weight is 319 g/mol. The molecule has 0 saturated heterocycles. The number of ether oxygens (including phenoxy) is 1. The van der Waals surface area contributed by atoms with Crippen LogP contribution in [0.5, 0.6) is 5.75 Å². The van der Waals surface area contributed by atoms with Gasteiger partial charge in [-0.2, -0.15) is 0 Å². The van der Waals surface area contributed by atoms with Crippen LogP contribution in [-0.4, -0.2) is 12.5 Å². The standard InChI is InChI=1S/C17H19ClN2O2/c1-11(2)13-5-3-4-6-16(13)22-10-17(21)20-12-7-8-14(18)15(19)9-12/h3-9,11H,10,19H2,1-2H3,(H,20,21). The molecule has 2 aromatic rings. The maximum atomic E-state index is 12.0. The number of hydrogen-bond acceptors (Lipinski definition) is 3. The maximum Gasteiger partial charge on any atom is 0.262 e. The summed E-state index contributed by atoms with van der Waals surface area (Å²) in [5, 5.41) is 3.18. The van der Waals surface area contributed by atoms with Gasteiger partial charge in [-0.15, -0.1) is 0 Å². The fourth-order valence-electron chi connectivity index (χ4n) is 2.05. The minimum absolute atomic E-state index is 0.0632. The summed E-state index contributed by atoms with van der Waals surface area (Å²) in [6, 6.07) is 12.7. The van der Waals surface area contributed by atoms with Crippen molar-refractivity contribution in [1.82, 2.24) is 0 Å². The van der Waals surface area contributed by atoms with E-state index in [9.17, 15) is 4.79 Å². The fourth-order valence-corrected chi connectivity index (χ4v) is 2.17. The Morgan fingerprint density at radius 1 is 1.27 bits per heavy atom. The summed E-state index contributed by atoms with van der Waals surface area (Å²) >= 11 is 5.84. The summed E-state index contributed by atoms with van der Waals surface area (Å²) in [5.74, 6) is 0.805. The number of benzene rings is 2. The molecule has 0 spiro atoms. The van der Waals surface area contributed by atoms with Crippen molar-refractivity contribution in [3.05, 3.63) is 53.1 Å². The second-order valence-electron chi connectivity index (χ2n) is 5.27. The molecule has 2 aromatic carbocycles. The zero-order valence-electron chi connectivity index (χ0n) is 12.6. The SMILES string of the molecule is CC(C)c1ccccc1OCC(=O)Nc1ccc(Cl)c(N)c1. The first-order valence-electron chi connectivity index (χ1n) is 7.04. The van der Waals surface area contributed by atoms with Crippen LogP contribution in [0.4, 0.5) is 11.4 Å². The number of hydrogen-bond donors (Lipinski definition) is 2. The van der Waals surface area contributed by atoms with Crippen LogP contribution in [0.1, 0.15) is 25.3 Å². The van der Waals surface area contributed by atoms with Crippen molar-refractivity contribution in [2.24, 2.45) is 0 Å². The van der Waals surface area contributed by atoms with Crippen molar-refractivity contribution in [1.29, 1.82) is 0 Å². The molecule has 0 aromatic heterocycles. The first-order valence-corrected chi connectivity index (χ1v) is 7.41. The van der Waals surface area contributed by atoms with E-state index in [1.54, 1.807) is 18.2 Å². The number of nitrogen functional groups attached to an aromatic ring is 1. The van der Waals surface area contributed by atoms with E-state index < -0.39 is 0 Å². The zero-order valence-corrected chi connectivity index (χ0v) is 13.4. The minimum atomic E-state index is -0.250. The molecule has 0 saturated carbocycles. The molecule has 0 bridgehead atoms. The first kappa shape index (κ1) is 16.2. The van der Waals surface area contributed by atoms with E-state index in [-0.39, 0.29) is 12.5 Å². The van der Waals surface area contributed by atoms with Crippen molar-refractivity contribution < 1.29 is 9.53 Å². The Morgan fingerprint density at radius 2 is 2.00 bits per heavy atom. The van der Waals surface area contributed by atoms with Crippen LogP contribution in [0, 0.1) is 0 Å². The van der Waals surface area contributed by atoms with Crippen molar-refractivity contribution >= 4 is 28.9 Å². The van der Waals surface area contributed by atoms with E-state index >= 15 is 0 Å². The van der Waals surface area contributed by atoms with Gasteiger partial charge in [0.2, 0.25) is 0 Å². The molecule has 0 heterocycles. The molecule has 0 aliphatic rings. The highest BCUT2D eigenvalue weighted by molar-refractivity contribution is 6.33. The summed E-state index contributed by atoms with van der Waals surface area (Å²) in [7, 11) is 0. The lowest BCUT2D eigenvalue weighted by atomic mass is 10.0. The predicted octanol–water partition coefficient (Wildman–Crippen LogP) is 4.06. The molecule has 0 atom stereocenters. The quantitative estimate of drug-likeness (QED) is 0.817. The molecule has 5 heteroatoms. The molecule has 1 amide bonds. The molecule has 0 fully saturated rings. The highest BCUT2D eigenvalue weighted by atomic mass is 35.5. The molecule has 0 aliphatic heterocycles. The van der Waals surface area contributed by atoms with E-state index in [0.717, 1.165) is 11.3 Å². The normalized spacial score (nSPS) is 10.5. The van der Waals surface area contributed by atoms with Gasteiger partial charge in [0.05, 0.1) is 10.7 Å². The monoisotopic (exact) mass is 318 g/mol. The molecule has 0 unspecified atom stereocenters. The summed E-state index contributed by atoms with van der Waals surface area (Å²) < 4.78 is 5.62. The molecule has 3 N–H and O–H groups in total. The smallest absolute Gasteiger partial charge is 0.262 e. The van der Waals surface area contributed by atoms with Crippen LogP contribution in [0.2, 0.25) is 5.02 Å². The van der Waals surface area contributed by atoms with E-state index in [2.05, 4.69) is 19.2 Å². The Balaban J connectivity index is 1.97. The number of nitrogens with two attached hydrogens (primary N) is 1. The van der Waals surface area contributed by atoms with Gasteiger partial charge < -0.3 is 15.8 Å². The molecule has 22 heavy (non-hydrogen) atoms. The van der Waals surface area contributed by atoms with Crippen LogP contribution >= 0.6 is 11.6 Å². The van der Waals surface area contributed by atoms with Gasteiger partial charge in [0.1, 0.15) is 5.75 Å². The fraction of sp³-hybridized carbons (Fsp3) is 0.235. The summed E-state index contributed by atoms with van der Waals surface area (Å²) in [4.78, 5) is 12.0. The van der Waals surface area contributed by atoms with Gasteiger partial charge in [-0.25, -0.2) is 0 Å². The van der Waals surface area contributed by atoms with E-state index in [4.69, 9.17) is 22.1 Å². The number of anilines is 2. The Kier molecular flexibility index (Phi) is 5.28. The van der Waals surface area contributed by atoms with Gasteiger partial charge in [-0.1, -0.05) is 43.6 Å². The van der Waals surface area contributed by atoms with Crippen molar-refractivity contribution in [2.45, 2.75) is 19.8 Å². The lowest BCUT2D eigenvalue weighted by Gasteiger charge is -2.14. The number of rotatable bonds is 5. The number of carbonyl (C=O) groups excluding carboxylic acids is 1. The van der Waals surface area contributed by atoms with Crippen LogP contribution < -0.4 is 15.8 Å². The molecule has 116 valence electrons. The highest BCUT2D eigenvalue weighted by Crippen LogP contribution is 2.26. The van der Waals surface area contributed by atoms with E-state index in [0.29, 0.717) is 22.3 Å². The van der Waals surface area contributed by atoms with Crippen molar-refractivity contribution in [2.75, 3.05) is 17.7 Å². The third-order valence-electron chi connectivity index (χ3n) is 3.18. The molecule has 0 aliphatic carbocycles. The van der Waals surface area contributed by atoms with Crippen LogP contribution in [0.3, 0.4) is 0 Å². The number of carbonyl (C=O) groups is 1. The Morgan fingerprint density at radius 3 is 2.68 bits per heavy atom. The molecular weight excluding hydrogens is 300 g/mol. The van der Waals surface area contributed by atoms with Gasteiger partial charge in [0.15, 0.2) is 6.61 Å². The topological polar surface area (TPSA) is 64.3 Å². The van der Waals surface area contributed by atoms with Crippen molar-refractivity contribution in [3.63, 3.8) is 0 Å². The van der Waals surface area contributed by atoms with Gasteiger partial charge in [-0.3, -0.25) is 4.79 Å². The molecular formula is C17H19ClN2O2. The largest absolute Gasteiger partial charge is 0.483 e. The van der Waals surface area contributed by atoms with E-state index in [1.165, 1.54) is 0 Å². The average Bonchev–Trinajstić information content (AvgIpc) is 2.49. The number of nitrogens with one attached hydrogen (secondary N) is 1. The van der Waals surface area contributed by atoms with Gasteiger partial charge in [0.25, 0.3) is 5.91 Å². The molecule has 2 rings (SSSR count). The van der Waals surface area contributed by atoms with Crippen LogP contribution in [0.25, 0.3) is 0 Å². The zero-order chi connectivity index (χ0) is 16.1. The third-order valence-corrected chi connectivity index (χ3v) is 3.52. The summed E-state index contributed by atoms with van der Waals surface area (Å²) in [5.41, 5.74) is 7.79. The number of amides is 1. The molecule has 4 nitrogen and oxygen atoms in total. The van der Waals surface area contributed by atoms with Gasteiger partial charge >= 0.3 is 0 Å². The van der Waals surface area contributed by atoms with Crippen LogP contribution in [-0.2, 0) is 4.79 Å². The predicted molar refractivity (Wildman–Crippen MR) is 90.5 cm³/mol. The van der Waals surface area contributed by atoms with E-state index in [1.807, 2.05) is 24.3 Å². The third kappa shape index (κ3) is 4.15. The lowest BCUT2D eigenvalue weighted by molar-refractivity contribution is -0.118. The highest BCUT2D eigenvalue weighted by Gasteiger charge is 2.09.